The van der Waals surface area contributed by atoms with Crippen LogP contribution in [-0.2, 0) is 27.9 Å². The van der Waals surface area contributed by atoms with Gasteiger partial charge in [0.25, 0.3) is 0 Å². The minimum absolute atomic E-state index is 0.0230. The highest BCUT2D eigenvalue weighted by molar-refractivity contribution is 7.47. The molecule has 222 valence electrons. The lowest BCUT2D eigenvalue weighted by molar-refractivity contribution is -0.153. The van der Waals surface area contributed by atoms with E-state index in [1.165, 1.54) is 77.0 Å². The fourth-order valence-corrected chi connectivity index (χ4v) is 4.78. The van der Waals surface area contributed by atoms with Crippen molar-refractivity contribution in [2.75, 3.05) is 33.0 Å². The molecule has 0 aliphatic heterocycles. The number of hydrogen-bond donors (Lipinski definition) is 2. The van der Waals surface area contributed by atoms with Gasteiger partial charge in [-0.3, -0.25) is 13.8 Å². The topological polar surface area (TPSA) is 117 Å². The zero-order valence-electron chi connectivity index (χ0n) is 24.1. The van der Waals surface area contributed by atoms with Gasteiger partial charge in [-0.1, -0.05) is 117 Å². The summed E-state index contributed by atoms with van der Waals surface area (Å²) in [6.45, 7) is 6.47. The number of unbranched alkanes of at least 4 members (excludes halogenated alkanes) is 14. The number of nitrogens with two attached hydrogens (primary N) is 1. The first-order valence-electron chi connectivity index (χ1n) is 15.0. The summed E-state index contributed by atoms with van der Waals surface area (Å²) in [7, 11) is -4.22. The van der Waals surface area contributed by atoms with E-state index >= 15 is 0 Å². The summed E-state index contributed by atoms with van der Waals surface area (Å²) >= 11 is 0. The molecule has 0 aliphatic rings. The van der Waals surface area contributed by atoms with Gasteiger partial charge >= 0.3 is 13.8 Å². The highest BCUT2D eigenvalue weighted by atomic mass is 31.2. The van der Waals surface area contributed by atoms with E-state index in [1.807, 2.05) is 6.92 Å². The smallest absolute Gasteiger partial charge is 0.463 e. The first-order valence-corrected chi connectivity index (χ1v) is 16.5. The minimum Gasteiger partial charge on any atom is -0.463 e. The zero-order chi connectivity index (χ0) is 27.6. The van der Waals surface area contributed by atoms with Crippen LogP contribution in [0, 0.1) is 5.92 Å². The Hall–Kier alpha value is -0.500. The lowest BCUT2D eigenvalue weighted by atomic mass is 10.0. The SMILES string of the molecule is CCCCCCCCCCCCCCCCO[C@@H](COC(=O)C(C)CCCC)COP(=O)(O)OCCN. The molecule has 0 aromatic carbocycles. The van der Waals surface area contributed by atoms with Crippen molar-refractivity contribution in [3.8, 4) is 0 Å². The summed E-state index contributed by atoms with van der Waals surface area (Å²) in [4.78, 5) is 22.0. The van der Waals surface area contributed by atoms with E-state index in [1.54, 1.807) is 0 Å². The molecule has 37 heavy (non-hydrogen) atoms. The largest absolute Gasteiger partial charge is 0.472 e. The van der Waals surface area contributed by atoms with Crippen LogP contribution >= 0.6 is 7.82 Å². The molecule has 0 fully saturated rings. The summed E-state index contributed by atoms with van der Waals surface area (Å²) in [6, 6.07) is 0. The van der Waals surface area contributed by atoms with Crippen LogP contribution in [0.25, 0.3) is 0 Å². The molecule has 0 aromatic rings. The van der Waals surface area contributed by atoms with Gasteiger partial charge in [0.1, 0.15) is 12.7 Å². The number of phosphoric acid groups is 1. The average molecular weight is 552 g/mol. The van der Waals surface area contributed by atoms with Crippen molar-refractivity contribution in [3.05, 3.63) is 0 Å². The van der Waals surface area contributed by atoms with Crippen LogP contribution in [0.15, 0.2) is 0 Å². The number of phosphoric ester groups is 1. The van der Waals surface area contributed by atoms with E-state index in [4.69, 9.17) is 24.3 Å². The van der Waals surface area contributed by atoms with Gasteiger partial charge in [-0.25, -0.2) is 4.57 Å². The molecule has 0 aliphatic carbocycles. The number of hydrogen-bond acceptors (Lipinski definition) is 7. The molecule has 0 bridgehead atoms. The molecule has 0 radical (unpaired) electrons. The van der Waals surface area contributed by atoms with Crippen molar-refractivity contribution in [1.82, 2.24) is 0 Å². The highest BCUT2D eigenvalue weighted by Crippen LogP contribution is 2.43. The van der Waals surface area contributed by atoms with Crippen molar-refractivity contribution in [1.29, 1.82) is 0 Å². The Morgan fingerprint density at radius 1 is 0.757 bits per heavy atom. The maximum absolute atomic E-state index is 12.2. The van der Waals surface area contributed by atoms with Crippen molar-refractivity contribution in [3.63, 3.8) is 0 Å². The first kappa shape index (κ1) is 36.5. The summed E-state index contributed by atoms with van der Waals surface area (Å²) in [5, 5.41) is 0. The zero-order valence-corrected chi connectivity index (χ0v) is 25.0. The van der Waals surface area contributed by atoms with Crippen molar-refractivity contribution in [2.45, 2.75) is 136 Å². The second-order valence-corrected chi connectivity index (χ2v) is 11.6. The van der Waals surface area contributed by atoms with E-state index in [2.05, 4.69) is 13.8 Å². The average Bonchev–Trinajstić information content (AvgIpc) is 2.89. The van der Waals surface area contributed by atoms with Gasteiger partial charge in [0, 0.05) is 13.2 Å². The van der Waals surface area contributed by atoms with E-state index in [-0.39, 0.29) is 38.3 Å². The quantitative estimate of drug-likeness (QED) is 0.0590. The Morgan fingerprint density at radius 2 is 1.27 bits per heavy atom. The van der Waals surface area contributed by atoms with Gasteiger partial charge in [0.2, 0.25) is 0 Å². The predicted molar refractivity (Wildman–Crippen MR) is 150 cm³/mol. The number of carbonyl (C=O) groups is 1. The molecule has 0 aromatic heterocycles. The van der Waals surface area contributed by atoms with Crippen LogP contribution in [0.2, 0.25) is 0 Å². The van der Waals surface area contributed by atoms with Gasteiger partial charge < -0.3 is 20.1 Å². The van der Waals surface area contributed by atoms with Crippen LogP contribution in [0.1, 0.15) is 130 Å². The van der Waals surface area contributed by atoms with Crippen LogP contribution in [0.4, 0.5) is 0 Å². The van der Waals surface area contributed by atoms with Crippen molar-refractivity contribution in [2.24, 2.45) is 11.7 Å². The third-order valence-electron chi connectivity index (χ3n) is 6.45. The maximum atomic E-state index is 12.2. The summed E-state index contributed by atoms with van der Waals surface area (Å²) in [5.74, 6) is -0.478. The molecule has 8 nitrogen and oxygen atoms in total. The fourth-order valence-electron chi connectivity index (χ4n) is 4.02. The van der Waals surface area contributed by atoms with Gasteiger partial charge in [-0.2, -0.15) is 0 Å². The van der Waals surface area contributed by atoms with E-state index in [0.29, 0.717) is 6.61 Å². The van der Waals surface area contributed by atoms with Gasteiger partial charge in [0.15, 0.2) is 0 Å². The maximum Gasteiger partial charge on any atom is 0.472 e. The lowest BCUT2D eigenvalue weighted by Gasteiger charge is -2.20. The second-order valence-electron chi connectivity index (χ2n) is 10.1. The van der Waals surface area contributed by atoms with Crippen LogP contribution in [0.5, 0.6) is 0 Å². The van der Waals surface area contributed by atoms with Gasteiger partial charge in [0.05, 0.1) is 19.1 Å². The van der Waals surface area contributed by atoms with E-state index in [9.17, 15) is 14.3 Å². The Morgan fingerprint density at radius 3 is 1.78 bits per heavy atom. The summed E-state index contributed by atoms with van der Waals surface area (Å²) in [5.41, 5.74) is 5.31. The first-order chi connectivity index (χ1) is 17.9. The Kier molecular flexibility index (Phi) is 25.4. The molecule has 3 N–H and O–H groups in total. The van der Waals surface area contributed by atoms with Crippen LogP contribution in [-0.4, -0.2) is 49.9 Å². The summed E-state index contributed by atoms with van der Waals surface area (Å²) < 4.78 is 33.0. The molecule has 0 spiro atoms. The molecule has 3 atom stereocenters. The molecule has 2 unspecified atom stereocenters. The number of ether oxygens (including phenoxy) is 2. The highest BCUT2D eigenvalue weighted by Gasteiger charge is 2.25. The molecule has 9 heteroatoms. The standard InChI is InChI=1S/C28H58NO7P/c1-4-6-8-9-10-11-12-13-14-15-16-17-18-19-22-33-27(25-36-37(31,32)35-23-21-29)24-34-28(30)26(3)20-7-5-2/h26-27H,4-25,29H2,1-3H3,(H,31,32)/t26?,27-/m0/s1. The predicted octanol–water partition coefficient (Wildman–Crippen LogP) is 7.31. The number of esters is 1. The normalized spacial score (nSPS) is 14.8. The molecule has 0 saturated heterocycles. The number of carbonyl (C=O) groups excluding carboxylic acids is 1. The van der Waals surface area contributed by atoms with Gasteiger partial charge in [-0.15, -0.1) is 0 Å². The Bertz CT molecular complexity index is 565. The molecular weight excluding hydrogens is 493 g/mol. The monoisotopic (exact) mass is 551 g/mol. The third-order valence-corrected chi connectivity index (χ3v) is 7.44. The Labute approximate surface area is 227 Å². The van der Waals surface area contributed by atoms with Crippen molar-refractivity contribution < 1.29 is 32.8 Å². The van der Waals surface area contributed by atoms with E-state index < -0.39 is 13.9 Å². The molecule has 0 saturated carbocycles. The van der Waals surface area contributed by atoms with Gasteiger partial charge in [-0.05, 0) is 12.8 Å². The second kappa shape index (κ2) is 25.8. The summed E-state index contributed by atoms with van der Waals surface area (Å²) in [6.07, 6.45) is 20.0. The van der Waals surface area contributed by atoms with E-state index in [0.717, 1.165) is 32.1 Å². The number of rotatable bonds is 28. The van der Waals surface area contributed by atoms with Crippen LogP contribution < -0.4 is 5.73 Å². The molecule has 0 heterocycles. The minimum atomic E-state index is -4.22. The van der Waals surface area contributed by atoms with Crippen LogP contribution in [0.3, 0.4) is 0 Å². The van der Waals surface area contributed by atoms with Crippen molar-refractivity contribution >= 4 is 13.8 Å². The fraction of sp³-hybridized carbons (Fsp3) is 0.964. The molecular formula is C28H58NO7P. The molecule has 0 amide bonds. The Balaban J connectivity index is 4.10. The lowest BCUT2D eigenvalue weighted by Crippen LogP contribution is -2.29. The molecule has 0 rings (SSSR count). The third kappa shape index (κ3) is 24.3.